The molecule has 2 aromatic rings. The van der Waals surface area contributed by atoms with E-state index in [-0.39, 0.29) is 11.8 Å². The minimum atomic E-state index is -0.204. The van der Waals surface area contributed by atoms with Crippen molar-refractivity contribution in [2.45, 2.75) is 26.2 Å². The maximum absolute atomic E-state index is 12.7. The van der Waals surface area contributed by atoms with Crippen LogP contribution in [0.15, 0.2) is 36.4 Å². The lowest BCUT2D eigenvalue weighted by atomic mass is 9.93. The van der Waals surface area contributed by atoms with E-state index in [0.29, 0.717) is 36.2 Å². The summed E-state index contributed by atoms with van der Waals surface area (Å²) >= 11 is 6.40. The minimum absolute atomic E-state index is 0.101. The molecule has 1 atom stereocenters. The van der Waals surface area contributed by atoms with E-state index in [1.165, 1.54) is 0 Å². The number of para-hydroxylation sites is 1. The fourth-order valence-corrected chi connectivity index (χ4v) is 3.58. The number of carbonyl (C=O) groups is 1. The molecule has 5 heteroatoms. The number of ether oxygens (including phenoxy) is 2. The van der Waals surface area contributed by atoms with Crippen molar-refractivity contribution < 1.29 is 14.3 Å². The van der Waals surface area contributed by atoms with Crippen LogP contribution in [-0.4, -0.2) is 26.2 Å². The molecule has 4 nitrogen and oxygen atoms in total. The molecule has 1 aliphatic rings. The van der Waals surface area contributed by atoms with Gasteiger partial charge < -0.3 is 14.4 Å². The van der Waals surface area contributed by atoms with Crippen LogP contribution in [0.4, 0.5) is 5.69 Å². The Hall–Kier alpha value is -2.20. The summed E-state index contributed by atoms with van der Waals surface area (Å²) in [5, 5.41) is 0.509. The lowest BCUT2D eigenvalue weighted by Crippen LogP contribution is -2.24. The summed E-state index contributed by atoms with van der Waals surface area (Å²) in [7, 11) is 1.82. The second kappa shape index (κ2) is 7.36. The summed E-state index contributed by atoms with van der Waals surface area (Å²) in [6.07, 6.45) is 0.576. The number of amides is 1. The first kappa shape index (κ1) is 17.6. The molecule has 25 heavy (non-hydrogen) atoms. The first-order chi connectivity index (χ1) is 12.1. The van der Waals surface area contributed by atoms with E-state index in [1.54, 1.807) is 4.90 Å². The number of nitrogens with zero attached hydrogens (tertiary/aromatic N) is 1. The molecule has 0 fully saturated rings. The first-order valence-electron chi connectivity index (χ1n) is 8.51. The van der Waals surface area contributed by atoms with Gasteiger partial charge in [0.15, 0.2) is 11.5 Å². The number of halogens is 1. The molecule has 0 saturated carbocycles. The Morgan fingerprint density at radius 3 is 2.56 bits per heavy atom. The van der Waals surface area contributed by atoms with Gasteiger partial charge in [0.25, 0.3) is 0 Å². The fourth-order valence-electron chi connectivity index (χ4n) is 3.29. The Labute approximate surface area is 153 Å². The van der Waals surface area contributed by atoms with Crippen molar-refractivity contribution in [3.05, 3.63) is 52.5 Å². The van der Waals surface area contributed by atoms with E-state index in [9.17, 15) is 4.79 Å². The first-order valence-corrected chi connectivity index (χ1v) is 8.89. The van der Waals surface area contributed by atoms with Gasteiger partial charge in [0.1, 0.15) is 0 Å². The van der Waals surface area contributed by atoms with Gasteiger partial charge in [0.2, 0.25) is 5.91 Å². The van der Waals surface area contributed by atoms with Gasteiger partial charge in [-0.25, -0.2) is 0 Å². The summed E-state index contributed by atoms with van der Waals surface area (Å²) in [5.74, 6) is 1.08. The molecule has 0 aliphatic carbocycles. The van der Waals surface area contributed by atoms with Crippen LogP contribution in [0.1, 0.15) is 30.9 Å². The largest absolute Gasteiger partial charge is 0.490 e. The van der Waals surface area contributed by atoms with Gasteiger partial charge in [0, 0.05) is 12.7 Å². The number of anilines is 1. The zero-order valence-electron chi connectivity index (χ0n) is 14.7. The van der Waals surface area contributed by atoms with Crippen molar-refractivity contribution >= 4 is 23.2 Å². The number of fused-ring (bicyclic) bond motifs is 1. The molecule has 0 spiro atoms. The van der Waals surface area contributed by atoms with Crippen molar-refractivity contribution in [3.63, 3.8) is 0 Å². The number of hydrogen-bond donors (Lipinski definition) is 0. The highest BCUT2D eigenvalue weighted by atomic mass is 35.5. The maximum Gasteiger partial charge on any atom is 0.234 e. The molecule has 0 radical (unpaired) electrons. The van der Waals surface area contributed by atoms with Crippen LogP contribution in [-0.2, 0) is 11.2 Å². The van der Waals surface area contributed by atoms with Gasteiger partial charge in [-0.3, -0.25) is 4.79 Å². The van der Waals surface area contributed by atoms with Crippen molar-refractivity contribution in [1.29, 1.82) is 0 Å². The van der Waals surface area contributed by atoms with Crippen LogP contribution in [0.3, 0.4) is 0 Å². The SMILES string of the molecule is CCOc1cc(CC2C(=O)N(C)c3ccccc32)cc(Cl)c1OCC. The van der Waals surface area contributed by atoms with Gasteiger partial charge in [-0.05, 0) is 49.6 Å². The van der Waals surface area contributed by atoms with Crippen LogP contribution in [0, 0.1) is 0 Å². The van der Waals surface area contributed by atoms with Crippen molar-refractivity contribution in [2.75, 3.05) is 25.2 Å². The third-order valence-corrected chi connectivity index (χ3v) is 4.68. The standard InChI is InChI=1S/C20H22ClNO3/c1-4-24-18-12-13(11-16(21)19(18)25-5-2)10-15-14-8-6-7-9-17(14)22(3)20(15)23/h6-9,11-12,15H,4-5,10H2,1-3H3. The molecule has 0 N–H and O–H groups in total. The van der Waals surface area contributed by atoms with Gasteiger partial charge in [-0.1, -0.05) is 29.8 Å². The molecule has 2 aromatic carbocycles. The minimum Gasteiger partial charge on any atom is -0.490 e. The number of hydrogen-bond acceptors (Lipinski definition) is 3. The average molecular weight is 360 g/mol. The molecule has 3 rings (SSSR count). The van der Waals surface area contributed by atoms with Gasteiger partial charge in [-0.2, -0.15) is 0 Å². The Kier molecular flexibility index (Phi) is 5.19. The predicted octanol–water partition coefficient (Wildman–Crippen LogP) is 4.44. The van der Waals surface area contributed by atoms with Gasteiger partial charge in [-0.15, -0.1) is 0 Å². The van der Waals surface area contributed by atoms with E-state index in [1.807, 2.05) is 57.3 Å². The summed E-state index contributed by atoms with van der Waals surface area (Å²) in [4.78, 5) is 14.4. The smallest absolute Gasteiger partial charge is 0.234 e. The monoisotopic (exact) mass is 359 g/mol. The number of likely N-dealkylation sites (N-methyl/N-ethyl adjacent to an activating group) is 1. The Morgan fingerprint density at radius 2 is 1.84 bits per heavy atom. The number of carbonyl (C=O) groups excluding carboxylic acids is 1. The molecular formula is C20H22ClNO3. The van der Waals surface area contributed by atoms with Crippen LogP contribution < -0.4 is 14.4 Å². The number of rotatable bonds is 6. The Balaban J connectivity index is 1.94. The highest BCUT2D eigenvalue weighted by Gasteiger charge is 2.35. The summed E-state index contributed by atoms with van der Waals surface area (Å²) in [6, 6.07) is 11.7. The van der Waals surface area contributed by atoms with Crippen molar-refractivity contribution in [3.8, 4) is 11.5 Å². The fraction of sp³-hybridized carbons (Fsp3) is 0.350. The summed E-state index contributed by atoms with van der Waals surface area (Å²) in [6.45, 7) is 4.86. The summed E-state index contributed by atoms with van der Waals surface area (Å²) < 4.78 is 11.3. The molecule has 0 saturated heterocycles. The van der Waals surface area contributed by atoms with E-state index in [4.69, 9.17) is 21.1 Å². The van der Waals surface area contributed by atoms with Gasteiger partial charge >= 0.3 is 0 Å². The molecule has 1 heterocycles. The zero-order valence-corrected chi connectivity index (χ0v) is 15.5. The van der Waals surface area contributed by atoms with E-state index >= 15 is 0 Å². The Bertz CT molecular complexity index is 791. The molecule has 1 unspecified atom stereocenters. The molecule has 1 aliphatic heterocycles. The zero-order chi connectivity index (χ0) is 18.0. The van der Waals surface area contributed by atoms with E-state index in [0.717, 1.165) is 16.8 Å². The second-order valence-corrected chi connectivity index (χ2v) is 6.39. The Morgan fingerprint density at radius 1 is 1.12 bits per heavy atom. The third-order valence-electron chi connectivity index (χ3n) is 4.40. The predicted molar refractivity (Wildman–Crippen MR) is 100 cm³/mol. The molecular weight excluding hydrogens is 338 g/mol. The van der Waals surface area contributed by atoms with Crippen molar-refractivity contribution in [1.82, 2.24) is 0 Å². The van der Waals surface area contributed by atoms with Crippen LogP contribution in [0.2, 0.25) is 5.02 Å². The maximum atomic E-state index is 12.7. The highest BCUT2D eigenvalue weighted by molar-refractivity contribution is 6.32. The third kappa shape index (κ3) is 3.31. The molecule has 132 valence electrons. The van der Waals surface area contributed by atoms with E-state index < -0.39 is 0 Å². The molecule has 1 amide bonds. The topological polar surface area (TPSA) is 38.8 Å². The second-order valence-electron chi connectivity index (χ2n) is 5.98. The lowest BCUT2D eigenvalue weighted by Gasteiger charge is -2.16. The van der Waals surface area contributed by atoms with Crippen molar-refractivity contribution in [2.24, 2.45) is 0 Å². The lowest BCUT2D eigenvalue weighted by molar-refractivity contribution is -0.119. The normalized spacial score (nSPS) is 16.1. The van der Waals surface area contributed by atoms with E-state index in [2.05, 4.69) is 0 Å². The molecule has 0 bridgehead atoms. The van der Waals surface area contributed by atoms with Crippen LogP contribution >= 0.6 is 11.6 Å². The van der Waals surface area contributed by atoms with Gasteiger partial charge in [0.05, 0.1) is 24.2 Å². The molecule has 0 aromatic heterocycles. The average Bonchev–Trinajstić information content (AvgIpc) is 2.84. The number of benzene rings is 2. The highest BCUT2D eigenvalue weighted by Crippen LogP contribution is 2.41. The quantitative estimate of drug-likeness (QED) is 0.765. The summed E-state index contributed by atoms with van der Waals surface area (Å²) in [5.41, 5.74) is 2.98. The van der Waals surface area contributed by atoms with Crippen LogP contribution in [0.5, 0.6) is 11.5 Å². The van der Waals surface area contributed by atoms with Crippen LogP contribution in [0.25, 0.3) is 0 Å².